The van der Waals surface area contributed by atoms with Crippen LogP contribution in [0.2, 0.25) is 0 Å². The molecule has 3 nitrogen and oxygen atoms in total. The average Bonchev–Trinajstić information content (AvgIpc) is 2.84. The zero-order chi connectivity index (χ0) is 12.7. The lowest BCUT2D eigenvalue weighted by Gasteiger charge is -2.12. The molecule has 1 unspecified atom stereocenters. The molecule has 1 saturated heterocycles. The summed E-state index contributed by atoms with van der Waals surface area (Å²) in [7, 11) is 2.19. The SMILES string of the molecule is CN1CCC(Cn2c(=S)[nH]c3cc(I)ccc32)C1. The van der Waals surface area contributed by atoms with Crippen molar-refractivity contribution in [1.29, 1.82) is 0 Å². The smallest absolute Gasteiger partial charge is 0.178 e. The third-order valence-corrected chi connectivity index (χ3v) is 4.66. The number of nitrogens with zero attached hydrogens (tertiary/aromatic N) is 2. The second-order valence-corrected chi connectivity index (χ2v) is 6.75. The van der Waals surface area contributed by atoms with Crippen LogP contribution in [0.15, 0.2) is 18.2 Å². The van der Waals surface area contributed by atoms with Crippen molar-refractivity contribution in [2.75, 3.05) is 20.1 Å². The number of hydrogen-bond donors (Lipinski definition) is 1. The fourth-order valence-electron chi connectivity index (χ4n) is 2.75. The normalized spacial score (nSPS) is 20.9. The van der Waals surface area contributed by atoms with Crippen LogP contribution in [-0.4, -0.2) is 34.6 Å². The molecule has 1 aromatic carbocycles. The number of hydrogen-bond acceptors (Lipinski definition) is 2. The number of aromatic nitrogens is 2. The molecular formula is C13H16IN3S. The maximum Gasteiger partial charge on any atom is 0.178 e. The van der Waals surface area contributed by atoms with Gasteiger partial charge in [-0.15, -0.1) is 0 Å². The van der Waals surface area contributed by atoms with Crippen molar-refractivity contribution in [1.82, 2.24) is 14.5 Å². The Kier molecular flexibility index (Phi) is 3.46. The number of rotatable bonds is 2. The molecule has 1 fully saturated rings. The van der Waals surface area contributed by atoms with E-state index in [2.05, 4.69) is 62.3 Å². The van der Waals surface area contributed by atoms with E-state index in [0.717, 1.165) is 22.8 Å². The van der Waals surface area contributed by atoms with Crippen molar-refractivity contribution >= 4 is 45.8 Å². The van der Waals surface area contributed by atoms with Gasteiger partial charge in [-0.25, -0.2) is 0 Å². The first-order valence-corrected chi connectivity index (χ1v) is 7.69. The van der Waals surface area contributed by atoms with Crippen LogP contribution in [0.4, 0.5) is 0 Å². The second-order valence-electron chi connectivity index (χ2n) is 5.12. The Morgan fingerprint density at radius 2 is 2.33 bits per heavy atom. The summed E-state index contributed by atoms with van der Waals surface area (Å²) < 4.78 is 4.34. The molecule has 0 radical (unpaired) electrons. The summed E-state index contributed by atoms with van der Waals surface area (Å²) in [4.78, 5) is 5.71. The summed E-state index contributed by atoms with van der Waals surface area (Å²) in [5.41, 5.74) is 2.38. The van der Waals surface area contributed by atoms with Crippen LogP contribution < -0.4 is 0 Å². The highest BCUT2D eigenvalue weighted by Crippen LogP contribution is 2.22. The summed E-state index contributed by atoms with van der Waals surface area (Å²) in [6.45, 7) is 3.42. The Balaban J connectivity index is 1.96. The molecule has 0 amide bonds. The number of fused-ring (bicyclic) bond motifs is 1. The molecule has 18 heavy (non-hydrogen) atoms. The minimum absolute atomic E-state index is 0.722. The third kappa shape index (κ3) is 2.35. The first-order valence-electron chi connectivity index (χ1n) is 6.20. The number of aromatic amines is 1. The van der Waals surface area contributed by atoms with E-state index in [1.54, 1.807) is 0 Å². The van der Waals surface area contributed by atoms with E-state index in [0.29, 0.717) is 0 Å². The van der Waals surface area contributed by atoms with Gasteiger partial charge in [-0.05, 0) is 78.9 Å². The van der Waals surface area contributed by atoms with Crippen molar-refractivity contribution in [2.45, 2.75) is 13.0 Å². The Labute approximate surface area is 125 Å². The summed E-state index contributed by atoms with van der Waals surface area (Å²) >= 11 is 7.78. The lowest BCUT2D eigenvalue weighted by atomic mass is 10.1. The first-order chi connectivity index (χ1) is 8.63. The van der Waals surface area contributed by atoms with Gasteiger partial charge >= 0.3 is 0 Å². The highest BCUT2D eigenvalue weighted by Gasteiger charge is 2.20. The van der Waals surface area contributed by atoms with E-state index in [-0.39, 0.29) is 0 Å². The average molecular weight is 373 g/mol. The van der Waals surface area contributed by atoms with Crippen LogP contribution in [0.5, 0.6) is 0 Å². The molecule has 1 aliphatic rings. The van der Waals surface area contributed by atoms with Gasteiger partial charge in [0.05, 0.1) is 11.0 Å². The van der Waals surface area contributed by atoms with Gasteiger partial charge in [0.2, 0.25) is 0 Å². The molecule has 1 atom stereocenters. The van der Waals surface area contributed by atoms with E-state index in [1.807, 2.05) is 0 Å². The summed E-state index contributed by atoms with van der Waals surface area (Å²) in [6, 6.07) is 6.47. The lowest BCUT2D eigenvalue weighted by Crippen LogP contribution is -2.17. The number of likely N-dealkylation sites (tertiary alicyclic amines) is 1. The van der Waals surface area contributed by atoms with Crippen LogP contribution in [0.25, 0.3) is 11.0 Å². The molecule has 1 aromatic heterocycles. The molecule has 2 heterocycles. The van der Waals surface area contributed by atoms with Crippen molar-refractivity contribution in [3.63, 3.8) is 0 Å². The molecule has 0 saturated carbocycles. The van der Waals surface area contributed by atoms with Gasteiger partial charge in [-0.3, -0.25) is 0 Å². The van der Waals surface area contributed by atoms with Gasteiger partial charge in [0.1, 0.15) is 0 Å². The van der Waals surface area contributed by atoms with Gasteiger partial charge in [-0.1, -0.05) is 0 Å². The number of H-pyrrole nitrogens is 1. The zero-order valence-corrected chi connectivity index (χ0v) is 13.3. The van der Waals surface area contributed by atoms with Crippen LogP contribution in [0, 0.1) is 14.3 Å². The predicted octanol–water partition coefficient (Wildman–Crippen LogP) is 3.26. The Morgan fingerprint density at radius 1 is 1.50 bits per heavy atom. The van der Waals surface area contributed by atoms with E-state index in [4.69, 9.17) is 12.2 Å². The van der Waals surface area contributed by atoms with Crippen LogP contribution in [-0.2, 0) is 6.54 Å². The van der Waals surface area contributed by atoms with Gasteiger partial charge in [0.25, 0.3) is 0 Å². The molecule has 0 bridgehead atoms. The Morgan fingerprint density at radius 3 is 3.06 bits per heavy atom. The quantitative estimate of drug-likeness (QED) is 0.646. The van der Waals surface area contributed by atoms with E-state index < -0.39 is 0 Å². The standard InChI is InChI=1S/C13H16IN3S/c1-16-5-4-9(7-16)8-17-12-3-2-10(14)6-11(12)15-13(17)18/h2-3,6,9H,4-5,7-8H2,1H3,(H,15,18). The number of benzene rings is 1. The fraction of sp³-hybridized carbons (Fsp3) is 0.462. The zero-order valence-electron chi connectivity index (χ0n) is 10.3. The van der Waals surface area contributed by atoms with Crippen molar-refractivity contribution in [3.05, 3.63) is 26.5 Å². The Bertz CT molecular complexity index is 631. The number of nitrogens with one attached hydrogen (secondary N) is 1. The van der Waals surface area contributed by atoms with Crippen molar-refractivity contribution < 1.29 is 0 Å². The molecular weight excluding hydrogens is 357 g/mol. The van der Waals surface area contributed by atoms with E-state index >= 15 is 0 Å². The number of imidazole rings is 1. The first kappa shape index (κ1) is 12.6. The predicted molar refractivity (Wildman–Crippen MR) is 85.4 cm³/mol. The minimum atomic E-state index is 0.722. The van der Waals surface area contributed by atoms with Crippen LogP contribution in [0.3, 0.4) is 0 Å². The largest absolute Gasteiger partial charge is 0.331 e. The van der Waals surface area contributed by atoms with Gasteiger partial charge in [0, 0.05) is 16.7 Å². The molecule has 1 N–H and O–H groups in total. The maximum atomic E-state index is 5.45. The maximum absolute atomic E-state index is 5.45. The molecule has 96 valence electrons. The Hall–Kier alpha value is -0.400. The molecule has 5 heteroatoms. The minimum Gasteiger partial charge on any atom is -0.331 e. The van der Waals surface area contributed by atoms with E-state index in [9.17, 15) is 0 Å². The summed E-state index contributed by atoms with van der Waals surface area (Å²) in [5.74, 6) is 0.722. The summed E-state index contributed by atoms with van der Waals surface area (Å²) in [5, 5.41) is 0. The monoisotopic (exact) mass is 373 g/mol. The van der Waals surface area contributed by atoms with Crippen LogP contribution in [0.1, 0.15) is 6.42 Å². The fourth-order valence-corrected chi connectivity index (χ4v) is 3.52. The molecule has 0 spiro atoms. The summed E-state index contributed by atoms with van der Waals surface area (Å²) in [6.07, 6.45) is 1.27. The van der Waals surface area contributed by atoms with Crippen LogP contribution >= 0.6 is 34.8 Å². The van der Waals surface area contributed by atoms with Gasteiger partial charge in [0.15, 0.2) is 4.77 Å². The second kappa shape index (κ2) is 4.94. The van der Waals surface area contributed by atoms with Gasteiger partial charge in [-0.2, -0.15) is 0 Å². The lowest BCUT2D eigenvalue weighted by molar-refractivity contribution is 0.379. The van der Waals surface area contributed by atoms with Gasteiger partial charge < -0.3 is 14.5 Å². The molecule has 1 aliphatic heterocycles. The van der Waals surface area contributed by atoms with Crippen molar-refractivity contribution in [2.24, 2.45) is 5.92 Å². The molecule has 3 rings (SSSR count). The van der Waals surface area contributed by atoms with Crippen molar-refractivity contribution in [3.8, 4) is 0 Å². The topological polar surface area (TPSA) is 24.0 Å². The molecule has 2 aromatic rings. The molecule has 0 aliphatic carbocycles. The highest BCUT2D eigenvalue weighted by atomic mass is 127. The third-order valence-electron chi connectivity index (χ3n) is 3.67. The number of halogens is 1. The van der Waals surface area contributed by atoms with E-state index in [1.165, 1.54) is 28.6 Å². The highest BCUT2D eigenvalue weighted by molar-refractivity contribution is 14.1.